The van der Waals surface area contributed by atoms with Crippen LogP contribution in [-0.4, -0.2) is 71.9 Å². The van der Waals surface area contributed by atoms with E-state index in [-0.39, 0.29) is 30.7 Å². The van der Waals surface area contributed by atoms with Gasteiger partial charge in [-0.3, -0.25) is 9.69 Å². The van der Waals surface area contributed by atoms with Gasteiger partial charge < -0.3 is 19.5 Å². The summed E-state index contributed by atoms with van der Waals surface area (Å²) in [6.45, 7) is 14.1. The van der Waals surface area contributed by atoms with Crippen molar-refractivity contribution in [3.63, 3.8) is 0 Å². The van der Waals surface area contributed by atoms with Crippen LogP contribution < -0.4 is 4.74 Å². The highest BCUT2D eigenvalue weighted by Gasteiger charge is 2.33. The summed E-state index contributed by atoms with van der Waals surface area (Å²) in [6, 6.07) is 9.95. The lowest BCUT2D eigenvalue weighted by Crippen LogP contribution is -2.48. The highest BCUT2D eigenvalue weighted by atomic mass is 32.1. The molecule has 1 aromatic heterocycles. The number of aliphatic hydroxyl groups excluding tert-OH is 1. The number of aryl methyl sites for hydroxylation is 1. The van der Waals surface area contributed by atoms with Crippen LogP contribution in [0.5, 0.6) is 5.75 Å². The molecule has 0 unspecified atom stereocenters. The maximum atomic E-state index is 13.5. The molecule has 1 amide bonds. The van der Waals surface area contributed by atoms with Crippen LogP contribution >= 0.6 is 11.3 Å². The molecule has 2 atom stereocenters. The summed E-state index contributed by atoms with van der Waals surface area (Å²) in [5, 5.41) is 12.6. The summed E-state index contributed by atoms with van der Waals surface area (Å²) in [5.41, 5.74) is 2.03. The van der Waals surface area contributed by atoms with E-state index in [1.54, 1.807) is 17.4 Å². The number of hydrogen-bond donors (Lipinski definition) is 1. The molecule has 1 N–H and O–H groups in total. The molecule has 1 aliphatic heterocycles. The van der Waals surface area contributed by atoms with Crippen LogP contribution in [-0.2, 0) is 16.0 Å². The molecule has 0 spiro atoms. The first-order chi connectivity index (χ1) is 16.2. The zero-order valence-corrected chi connectivity index (χ0v) is 21.6. The fourth-order valence-corrected chi connectivity index (χ4v) is 4.98. The fourth-order valence-electron chi connectivity index (χ4n) is 4.05. The molecule has 0 aliphatic carbocycles. The molecule has 3 rings (SSSR count). The minimum atomic E-state index is -0.683. The van der Waals surface area contributed by atoms with E-state index in [1.807, 2.05) is 61.8 Å². The monoisotopic (exact) mass is 486 g/mol. The van der Waals surface area contributed by atoms with Gasteiger partial charge in [0.05, 0.1) is 30.9 Å². The molecule has 0 radical (unpaired) electrons. The first-order valence-corrected chi connectivity index (χ1v) is 12.7. The number of nitrogens with zero attached hydrogens (tertiary/aromatic N) is 2. The SMILES string of the molecule is C=CCN(CC(=O)N1CCc2sccc2[C@@H]1COc1ccc(C)cc1)C[C@@H](O)COC(C)(C)C. The standard InChI is InChI=1S/C27H38N2O4S/c1-6-13-28(16-21(30)18-33-27(3,4)5)17-26(31)29-14-11-25-23(12-15-34-25)24(29)19-32-22-9-7-20(2)8-10-22/h6-10,12,15,21,24,30H,1,11,13-14,16-19H2,2-5H3/t21-,24+/m1/s1. The largest absolute Gasteiger partial charge is 0.491 e. The number of amides is 1. The van der Waals surface area contributed by atoms with Crippen molar-refractivity contribution in [2.45, 2.75) is 51.9 Å². The maximum absolute atomic E-state index is 13.5. The van der Waals surface area contributed by atoms with Crippen LogP contribution in [0.1, 0.15) is 42.8 Å². The number of rotatable bonds is 11. The second kappa shape index (κ2) is 12.0. The van der Waals surface area contributed by atoms with Gasteiger partial charge in [-0.05, 0) is 63.3 Å². The average Bonchev–Trinajstić information content (AvgIpc) is 3.26. The lowest BCUT2D eigenvalue weighted by molar-refractivity contribution is -0.136. The van der Waals surface area contributed by atoms with Crippen LogP contribution in [0, 0.1) is 6.92 Å². The van der Waals surface area contributed by atoms with Gasteiger partial charge in [0.15, 0.2) is 0 Å². The van der Waals surface area contributed by atoms with Crippen LogP contribution in [0.15, 0.2) is 48.4 Å². The number of benzene rings is 1. The van der Waals surface area contributed by atoms with E-state index in [1.165, 1.54) is 16.0 Å². The lowest BCUT2D eigenvalue weighted by atomic mass is 10.0. The van der Waals surface area contributed by atoms with E-state index in [2.05, 4.69) is 18.0 Å². The molecule has 2 aromatic rings. The van der Waals surface area contributed by atoms with Crippen molar-refractivity contribution in [3.8, 4) is 5.75 Å². The van der Waals surface area contributed by atoms with E-state index < -0.39 is 6.10 Å². The van der Waals surface area contributed by atoms with E-state index in [9.17, 15) is 9.90 Å². The van der Waals surface area contributed by atoms with E-state index >= 15 is 0 Å². The van der Waals surface area contributed by atoms with Crippen molar-refractivity contribution in [2.24, 2.45) is 0 Å². The molecule has 0 saturated carbocycles. The Balaban J connectivity index is 1.67. The average molecular weight is 487 g/mol. The summed E-state index contributed by atoms with van der Waals surface area (Å²) in [5.74, 6) is 0.829. The molecule has 1 aromatic carbocycles. The number of carbonyl (C=O) groups excluding carboxylic acids is 1. The van der Waals surface area contributed by atoms with Gasteiger partial charge in [-0.15, -0.1) is 17.9 Å². The molecule has 186 valence electrons. The first kappa shape index (κ1) is 26.4. The molecule has 7 heteroatoms. The summed E-state index contributed by atoms with van der Waals surface area (Å²) >= 11 is 1.74. The van der Waals surface area contributed by atoms with Crippen molar-refractivity contribution in [1.82, 2.24) is 9.80 Å². The number of aliphatic hydroxyl groups is 1. The molecule has 1 aliphatic rings. The predicted molar refractivity (Wildman–Crippen MR) is 137 cm³/mol. The van der Waals surface area contributed by atoms with E-state index in [4.69, 9.17) is 9.47 Å². The third-order valence-electron chi connectivity index (χ3n) is 5.77. The Morgan fingerprint density at radius 1 is 1.32 bits per heavy atom. The molecule has 0 saturated heterocycles. The Kier molecular flexibility index (Phi) is 9.31. The van der Waals surface area contributed by atoms with Gasteiger partial charge in [-0.25, -0.2) is 0 Å². The van der Waals surface area contributed by atoms with Gasteiger partial charge in [0.25, 0.3) is 0 Å². The van der Waals surface area contributed by atoms with Gasteiger partial charge in [-0.1, -0.05) is 23.8 Å². The van der Waals surface area contributed by atoms with E-state index in [0.717, 1.165) is 12.2 Å². The number of thiophene rings is 1. The number of carbonyl (C=O) groups is 1. The Hall–Kier alpha value is -2.19. The molecule has 34 heavy (non-hydrogen) atoms. The number of ether oxygens (including phenoxy) is 2. The summed E-state index contributed by atoms with van der Waals surface area (Å²) in [7, 11) is 0. The third kappa shape index (κ3) is 7.67. The maximum Gasteiger partial charge on any atom is 0.237 e. The molecular formula is C27H38N2O4S. The van der Waals surface area contributed by atoms with Crippen molar-refractivity contribution < 1.29 is 19.4 Å². The lowest BCUT2D eigenvalue weighted by Gasteiger charge is -2.37. The Morgan fingerprint density at radius 2 is 2.06 bits per heavy atom. The highest BCUT2D eigenvalue weighted by molar-refractivity contribution is 7.10. The van der Waals surface area contributed by atoms with Crippen LogP contribution in [0.4, 0.5) is 0 Å². The minimum absolute atomic E-state index is 0.0279. The third-order valence-corrected chi connectivity index (χ3v) is 6.76. The fraction of sp³-hybridized carbons (Fsp3) is 0.519. The molecule has 0 bridgehead atoms. The molecular weight excluding hydrogens is 448 g/mol. The molecule has 0 fully saturated rings. The Bertz CT molecular complexity index is 935. The summed E-state index contributed by atoms with van der Waals surface area (Å²) < 4.78 is 11.8. The van der Waals surface area contributed by atoms with Crippen molar-refractivity contribution in [3.05, 3.63) is 64.4 Å². The minimum Gasteiger partial charge on any atom is -0.491 e. The van der Waals surface area contributed by atoms with Crippen LogP contribution in [0.3, 0.4) is 0 Å². The second-order valence-electron chi connectivity index (χ2n) is 9.84. The van der Waals surface area contributed by atoms with Crippen molar-refractivity contribution in [1.29, 1.82) is 0 Å². The topological polar surface area (TPSA) is 62.2 Å². The molecule has 2 heterocycles. The highest BCUT2D eigenvalue weighted by Crippen LogP contribution is 2.34. The van der Waals surface area contributed by atoms with Gasteiger partial charge in [0, 0.05) is 24.5 Å². The Morgan fingerprint density at radius 3 is 2.74 bits per heavy atom. The quantitative estimate of drug-likeness (QED) is 0.482. The number of fused-ring (bicyclic) bond motifs is 1. The first-order valence-electron chi connectivity index (χ1n) is 11.9. The Labute approximate surface area is 207 Å². The molecule has 6 nitrogen and oxygen atoms in total. The zero-order chi connectivity index (χ0) is 24.7. The second-order valence-corrected chi connectivity index (χ2v) is 10.8. The normalized spacial score (nSPS) is 16.9. The van der Waals surface area contributed by atoms with Crippen molar-refractivity contribution in [2.75, 3.05) is 39.4 Å². The van der Waals surface area contributed by atoms with Crippen LogP contribution in [0.25, 0.3) is 0 Å². The van der Waals surface area contributed by atoms with Gasteiger partial charge in [0.1, 0.15) is 12.4 Å². The summed E-state index contributed by atoms with van der Waals surface area (Å²) in [6.07, 6.45) is 1.93. The van der Waals surface area contributed by atoms with Gasteiger partial charge >= 0.3 is 0 Å². The van der Waals surface area contributed by atoms with Crippen LogP contribution in [0.2, 0.25) is 0 Å². The van der Waals surface area contributed by atoms with Gasteiger partial charge in [0.2, 0.25) is 5.91 Å². The summed E-state index contributed by atoms with van der Waals surface area (Å²) in [4.78, 5) is 18.6. The van der Waals surface area contributed by atoms with E-state index in [0.29, 0.717) is 26.2 Å². The smallest absolute Gasteiger partial charge is 0.237 e. The number of hydrogen-bond acceptors (Lipinski definition) is 6. The van der Waals surface area contributed by atoms with Gasteiger partial charge in [-0.2, -0.15) is 0 Å². The predicted octanol–water partition coefficient (Wildman–Crippen LogP) is 4.23. The van der Waals surface area contributed by atoms with Crippen molar-refractivity contribution >= 4 is 17.2 Å². The zero-order valence-electron chi connectivity index (χ0n) is 20.8.